The predicted octanol–water partition coefficient (Wildman–Crippen LogP) is 2.33. The van der Waals surface area contributed by atoms with Crippen LogP contribution in [0.4, 0.5) is 13.2 Å². The van der Waals surface area contributed by atoms with Crippen molar-refractivity contribution in [1.82, 2.24) is 19.8 Å². The first-order chi connectivity index (χ1) is 15.7. The largest absolute Gasteiger partial charge is 0.490 e. The molecule has 3 heterocycles. The van der Waals surface area contributed by atoms with Gasteiger partial charge in [-0.1, -0.05) is 6.07 Å². The maximum atomic E-state index is 12.0. The summed E-state index contributed by atoms with van der Waals surface area (Å²) in [5, 5.41) is 10.2. The molecule has 9 nitrogen and oxygen atoms in total. The minimum absolute atomic E-state index is 0.194. The van der Waals surface area contributed by atoms with Crippen molar-refractivity contribution in [3.8, 4) is 11.5 Å². The molecule has 2 N–H and O–H groups in total. The van der Waals surface area contributed by atoms with Gasteiger partial charge in [0.25, 0.3) is 0 Å². The highest BCUT2D eigenvalue weighted by Crippen LogP contribution is 2.33. The maximum absolute atomic E-state index is 12.0. The molecule has 0 radical (unpaired) electrons. The number of ether oxygens (including phenoxy) is 2. The number of carbonyl (C=O) groups excluding carboxylic acids is 1. The van der Waals surface area contributed by atoms with E-state index >= 15 is 0 Å². The molecule has 0 spiro atoms. The van der Waals surface area contributed by atoms with E-state index < -0.39 is 12.1 Å². The van der Waals surface area contributed by atoms with E-state index in [-0.39, 0.29) is 17.9 Å². The number of rotatable bonds is 5. The summed E-state index contributed by atoms with van der Waals surface area (Å²) >= 11 is 0. The van der Waals surface area contributed by atoms with Crippen LogP contribution in [0.5, 0.6) is 11.5 Å². The van der Waals surface area contributed by atoms with Gasteiger partial charge in [0, 0.05) is 38.3 Å². The molecule has 0 saturated heterocycles. The van der Waals surface area contributed by atoms with E-state index in [1.54, 1.807) is 0 Å². The van der Waals surface area contributed by atoms with Crippen molar-refractivity contribution in [2.45, 2.75) is 38.1 Å². The van der Waals surface area contributed by atoms with E-state index in [9.17, 15) is 18.0 Å². The molecular formula is C21H23F3N4O5. The number of fused-ring (bicyclic) bond motifs is 2. The summed E-state index contributed by atoms with van der Waals surface area (Å²) in [5.41, 5.74) is 2.38. The van der Waals surface area contributed by atoms with Gasteiger partial charge in [0.2, 0.25) is 12.7 Å². The molecule has 1 aliphatic carbocycles. The highest BCUT2D eigenvalue weighted by molar-refractivity contribution is 5.80. The number of alkyl halides is 3. The van der Waals surface area contributed by atoms with E-state index in [2.05, 4.69) is 31.9 Å². The van der Waals surface area contributed by atoms with Gasteiger partial charge in [0.05, 0.1) is 18.1 Å². The van der Waals surface area contributed by atoms with Crippen LogP contribution in [0.2, 0.25) is 0 Å². The smallest absolute Gasteiger partial charge is 0.475 e. The lowest BCUT2D eigenvalue weighted by Crippen LogP contribution is -2.42. The number of carboxylic acids is 1. The zero-order chi connectivity index (χ0) is 23.6. The Morgan fingerprint density at radius 2 is 1.94 bits per heavy atom. The average Bonchev–Trinajstić information content (AvgIpc) is 3.32. The summed E-state index contributed by atoms with van der Waals surface area (Å²) < 4.78 is 44.8. The first-order valence-corrected chi connectivity index (χ1v) is 10.4. The highest BCUT2D eigenvalue weighted by Gasteiger charge is 2.38. The summed E-state index contributed by atoms with van der Waals surface area (Å²) in [6, 6.07) is 6.32. The lowest BCUT2D eigenvalue weighted by Gasteiger charge is -2.34. The number of nitrogens with one attached hydrogen (secondary N) is 1. The van der Waals surface area contributed by atoms with Gasteiger partial charge < -0.3 is 24.5 Å². The lowest BCUT2D eigenvalue weighted by molar-refractivity contribution is -0.192. The number of imidazole rings is 1. The molecule has 1 amide bonds. The zero-order valence-electron chi connectivity index (χ0n) is 17.5. The lowest BCUT2D eigenvalue weighted by atomic mass is 10.1. The van der Waals surface area contributed by atoms with Gasteiger partial charge in [-0.15, -0.1) is 0 Å². The van der Waals surface area contributed by atoms with Crippen molar-refractivity contribution < 1.29 is 37.3 Å². The Morgan fingerprint density at radius 3 is 2.64 bits per heavy atom. The molecule has 2 aromatic rings. The molecule has 1 fully saturated rings. The molecule has 3 aliphatic rings. The molecule has 12 heteroatoms. The summed E-state index contributed by atoms with van der Waals surface area (Å²) in [6.45, 7) is 3.50. The summed E-state index contributed by atoms with van der Waals surface area (Å²) in [4.78, 5) is 27.6. The van der Waals surface area contributed by atoms with Crippen LogP contribution in [-0.2, 0) is 22.7 Å². The first-order valence-electron chi connectivity index (χ1n) is 10.4. The van der Waals surface area contributed by atoms with Crippen molar-refractivity contribution in [1.29, 1.82) is 0 Å². The minimum Gasteiger partial charge on any atom is -0.475 e. The second-order valence-corrected chi connectivity index (χ2v) is 8.13. The fourth-order valence-electron chi connectivity index (χ4n) is 3.75. The van der Waals surface area contributed by atoms with Crippen molar-refractivity contribution >= 4 is 11.9 Å². The molecule has 1 saturated carbocycles. The minimum atomic E-state index is -5.08. The van der Waals surface area contributed by atoms with Crippen LogP contribution in [0.15, 0.2) is 30.7 Å². The van der Waals surface area contributed by atoms with E-state index in [0.29, 0.717) is 13.3 Å². The Kier molecular flexibility index (Phi) is 6.45. The first kappa shape index (κ1) is 22.9. The Labute approximate surface area is 187 Å². The van der Waals surface area contributed by atoms with Crippen LogP contribution in [-0.4, -0.2) is 57.5 Å². The standard InChI is InChI=1S/C19H22N4O3.C2HF3O2/c24-19(14-2-3-14)21-7-16-10-22(9-15-6-20-11-23(15)16)8-13-1-4-17-18(5-13)26-12-25-17;3-2(4,5)1(6)7/h1,4-6,11,14,16H,2-3,7-10,12H2,(H,21,24);(H,6,7). The molecule has 178 valence electrons. The van der Waals surface area contributed by atoms with E-state index in [1.807, 2.05) is 18.6 Å². The number of hydrogen-bond acceptors (Lipinski definition) is 6. The number of hydrogen-bond donors (Lipinski definition) is 2. The van der Waals surface area contributed by atoms with Crippen LogP contribution in [0.3, 0.4) is 0 Å². The third-order valence-corrected chi connectivity index (χ3v) is 5.54. The van der Waals surface area contributed by atoms with Gasteiger partial charge in [0.15, 0.2) is 11.5 Å². The van der Waals surface area contributed by atoms with Gasteiger partial charge in [-0.25, -0.2) is 9.78 Å². The van der Waals surface area contributed by atoms with Crippen molar-refractivity contribution in [3.05, 3.63) is 42.0 Å². The Balaban J connectivity index is 0.000000325. The number of carbonyl (C=O) groups is 2. The summed E-state index contributed by atoms with van der Waals surface area (Å²) in [6.07, 6.45) is 0.773. The zero-order valence-corrected chi connectivity index (χ0v) is 17.5. The molecule has 0 bridgehead atoms. The SMILES string of the molecule is O=C(NCC1CN(Cc2ccc3c(c2)OCO3)Cc2cncn21)C1CC1.O=C(O)C(F)(F)F. The van der Waals surface area contributed by atoms with Gasteiger partial charge >= 0.3 is 12.1 Å². The van der Waals surface area contributed by atoms with Crippen LogP contribution in [0, 0.1) is 5.92 Å². The highest BCUT2D eigenvalue weighted by atomic mass is 19.4. The molecule has 2 aliphatic heterocycles. The monoisotopic (exact) mass is 468 g/mol. The molecule has 1 atom stereocenters. The van der Waals surface area contributed by atoms with Gasteiger partial charge in [-0.3, -0.25) is 9.69 Å². The Bertz CT molecular complexity index is 1020. The third-order valence-electron chi connectivity index (χ3n) is 5.54. The molecule has 1 aromatic carbocycles. The number of carboxylic acid groups (broad SMARTS) is 1. The molecule has 1 unspecified atom stereocenters. The number of halogens is 3. The van der Waals surface area contributed by atoms with Gasteiger partial charge in [-0.2, -0.15) is 13.2 Å². The molecule has 1 aromatic heterocycles. The fourth-order valence-corrected chi connectivity index (χ4v) is 3.75. The van der Waals surface area contributed by atoms with Crippen LogP contribution >= 0.6 is 0 Å². The number of amides is 1. The average molecular weight is 468 g/mol. The maximum Gasteiger partial charge on any atom is 0.490 e. The van der Waals surface area contributed by atoms with E-state index in [4.69, 9.17) is 19.4 Å². The summed E-state index contributed by atoms with van der Waals surface area (Å²) in [7, 11) is 0. The Hall–Kier alpha value is -3.28. The van der Waals surface area contributed by atoms with E-state index in [0.717, 1.165) is 44.0 Å². The topological polar surface area (TPSA) is 106 Å². The molecule has 33 heavy (non-hydrogen) atoms. The predicted molar refractivity (Wildman–Crippen MR) is 107 cm³/mol. The van der Waals surface area contributed by atoms with Crippen LogP contribution < -0.4 is 14.8 Å². The number of nitrogens with zero attached hydrogens (tertiary/aromatic N) is 3. The normalized spacial score (nSPS) is 19.3. The summed E-state index contributed by atoms with van der Waals surface area (Å²) in [5.74, 6) is -0.693. The van der Waals surface area contributed by atoms with Gasteiger partial charge in [0.1, 0.15) is 0 Å². The van der Waals surface area contributed by atoms with Crippen molar-refractivity contribution in [3.63, 3.8) is 0 Å². The molecular weight excluding hydrogens is 445 g/mol. The van der Waals surface area contributed by atoms with Crippen LogP contribution in [0.1, 0.15) is 30.1 Å². The quantitative estimate of drug-likeness (QED) is 0.694. The number of aliphatic carboxylic acids is 1. The van der Waals surface area contributed by atoms with Crippen molar-refractivity contribution in [2.75, 3.05) is 19.9 Å². The number of aromatic nitrogens is 2. The second kappa shape index (κ2) is 9.30. The third kappa shape index (κ3) is 5.75. The molecule has 5 rings (SSSR count). The van der Waals surface area contributed by atoms with E-state index in [1.165, 1.54) is 11.3 Å². The van der Waals surface area contributed by atoms with Gasteiger partial charge in [-0.05, 0) is 30.5 Å². The Morgan fingerprint density at radius 1 is 1.21 bits per heavy atom. The number of benzene rings is 1. The second-order valence-electron chi connectivity index (χ2n) is 8.13. The fraction of sp³-hybridized carbons (Fsp3) is 0.476. The van der Waals surface area contributed by atoms with Crippen molar-refractivity contribution in [2.24, 2.45) is 5.92 Å². The van der Waals surface area contributed by atoms with Crippen LogP contribution in [0.25, 0.3) is 0 Å².